The fraction of sp³-hybridized carbons (Fsp3) is 0.353. The van der Waals surface area contributed by atoms with Crippen molar-refractivity contribution in [1.82, 2.24) is 24.5 Å². The van der Waals surface area contributed by atoms with Gasteiger partial charge in [0.1, 0.15) is 0 Å². The molecule has 0 bridgehead atoms. The second-order valence-corrected chi connectivity index (χ2v) is 5.76. The van der Waals surface area contributed by atoms with Crippen molar-refractivity contribution in [3.63, 3.8) is 0 Å². The lowest BCUT2D eigenvalue weighted by atomic mass is 10.1. The second kappa shape index (κ2) is 6.36. The van der Waals surface area contributed by atoms with E-state index >= 15 is 0 Å². The van der Waals surface area contributed by atoms with Gasteiger partial charge in [0.25, 0.3) is 0 Å². The SMILES string of the molecule is COC(=O)c1cc(-c2cn(C)nc2C)nc2c1c(C)nn2CCC#N. The summed E-state index contributed by atoms with van der Waals surface area (Å²) in [6.45, 7) is 4.11. The van der Waals surface area contributed by atoms with Gasteiger partial charge >= 0.3 is 5.97 Å². The summed E-state index contributed by atoms with van der Waals surface area (Å²) in [5.74, 6) is -0.446. The Balaban J connectivity index is 2.31. The minimum atomic E-state index is -0.446. The van der Waals surface area contributed by atoms with Crippen molar-refractivity contribution in [3.05, 3.63) is 29.2 Å². The number of carbonyl (C=O) groups excluding carboxylic acids is 1. The standard InChI is InChI=1S/C17H18N6O2/c1-10-13(9-22(3)20-10)14-8-12(17(24)25-4)15-11(2)21-23(7-5-6-18)16(15)19-14/h8-9H,5,7H2,1-4H3. The number of pyridine rings is 1. The van der Waals surface area contributed by atoms with Gasteiger partial charge in [0.15, 0.2) is 5.65 Å². The van der Waals surface area contributed by atoms with Crippen LogP contribution in [0.4, 0.5) is 0 Å². The lowest BCUT2D eigenvalue weighted by Crippen LogP contribution is -2.05. The number of nitriles is 1. The minimum Gasteiger partial charge on any atom is -0.465 e. The van der Waals surface area contributed by atoms with Gasteiger partial charge < -0.3 is 4.74 Å². The molecule has 0 unspecified atom stereocenters. The third-order valence-electron chi connectivity index (χ3n) is 4.01. The van der Waals surface area contributed by atoms with Crippen molar-refractivity contribution in [2.75, 3.05) is 7.11 Å². The maximum absolute atomic E-state index is 12.3. The summed E-state index contributed by atoms with van der Waals surface area (Å²) in [6.07, 6.45) is 2.16. The van der Waals surface area contributed by atoms with E-state index in [0.29, 0.717) is 41.0 Å². The highest BCUT2D eigenvalue weighted by Gasteiger charge is 2.21. The molecule has 0 radical (unpaired) electrons. The highest BCUT2D eigenvalue weighted by molar-refractivity contribution is 6.05. The third-order valence-corrected chi connectivity index (χ3v) is 4.01. The first-order valence-corrected chi connectivity index (χ1v) is 7.80. The molecule has 0 atom stereocenters. The third kappa shape index (κ3) is 2.85. The van der Waals surface area contributed by atoms with Crippen molar-refractivity contribution in [2.45, 2.75) is 26.8 Å². The summed E-state index contributed by atoms with van der Waals surface area (Å²) in [7, 11) is 3.18. The van der Waals surface area contributed by atoms with E-state index in [9.17, 15) is 4.79 Å². The topological polar surface area (TPSA) is 98.6 Å². The van der Waals surface area contributed by atoms with Gasteiger partial charge in [-0.3, -0.25) is 4.68 Å². The summed E-state index contributed by atoms with van der Waals surface area (Å²) >= 11 is 0. The van der Waals surface area contributed by atoms with Gasteiger partial charge in [0, 0.05) is 18.8 Å². The molecule has 3 aromatic heterocycles. The molecule has 25 heavy (non-hydrogen) atoms. The number of fused-ring (bicyclic) bond motifs is 1. The van der Waals surface area contributed by atoms with Crippen LogP contribution in [0.25, 0.3) is 22.3 Å². The summed E-state index contributed by atoms with van der Waals surface area (Å²) < 4.78 is 8.30. The van der Waals surface area contributed by atoms with Crippen molar-refractivity contribution < 1.29 is 9.53 Å². The van der Waals surface area contributed by atoms with Crippen LogP contribution in [0.15, 0.2) is 12.3 Å². The van der Waals surface area contributed by atoms with Gasteiger partial charge in [0.05, 0.1) is 54.2 Å². The lowest BCUT2D eigenvalue weighted by molar-refractivity contribution is 0.0603. The van der Waals surface area contributed by atoms with Crippen LogP contribution in [-0.2, 0) is 18.3 Å². The molecular weight excluding hydrogens is 320 g/mol. The molecule has 0 saturated heterocycles. The zero-order valence-electron chi connectivity index (χ0n) is 14.6. The highest BCUT2D eigenvalue weighted by atomic mass is 16.5. The Morgan fingerprint density at radius 2 is 2.08 bits per heavy atom. The van der Waals surface area contributed by atoms with E-state index in [4.69, 9.17) is 15.0 Å². The van der Waals surface area contributed by atoms with Crippen LogP contribution in [0, 0.1) is 25.2 Å². The van der Waals surface area contributed by atoms with Crippen LogP contribution in [0.2, 0.25) is 0 Å². The molecule has 0 aliphatic heterocycles. The van der Waals surface area contributed by atoms with Crippen LogP contribution in [0.5, 0.6) is 0 Å². The number of aromatic nitrogens is 5. The molecule has 0 fully saturated rings. The molecule has 0 amide bonds. The Morgan fingerprint density at radius 3 is 2.68 bits per heavy atom. The van der Waals surface area contributed by atoms with E-state index in [0.717, 1.165) is 11.3 Å². The summed E-state index contributed by atoms with van der Waals surface area (Å²) in [5.41, 5.74) is 3.91. The first-order valence-electron chi connectivity index (χ1n) is 7.80. The fourth-order valence-corrected chi connectivity index (χ4v) is 2.93. The number of hydrogen-bond acceptors (Lipinski definition) is 6. The average Bonchev–Trinajstić information content (AvgIpc) is 3.10. The van der Waals surface area contributed by atoms with E-state index in [-0.39, 0.29) is 0 Å². The number of esters is 1. The predicted molar refractivity (Wildman–Crippen MR) is 90.8 cm³/mol. The lowest BCUT2D eigenvalue weighted by Gasteiger charge is -2.07. The van der Waals surface area contributed by atoms with Gasteiger partial charge in [-0.1, -0.05) is 0 Å². The van der Waals surface area contributed by atoms with E-state index in [2.05, 4.69) is 16.3 Å². The van der Waals surface area contributed by atoms with E-state index < -0.39 is 5.97 Å². The van der Waals surface area contributed by atoms with Crippen LogP contribution in [0.3, 0.4) is 0 Å². The molecule has 0 aliphatic rings. The molecule has 8 heteroatoms. The molecular formula is C17H18N6O2. The summed E-state index contributed by atoms with van der Waals surface area (Å²) in [4.78, 5) is 17.0. The molecule has 3 rings (SSSR count). The molecule has 0 N–H and O–H groups in total. The first-order chi connectivity index (χ1) is 12.0. The number of rotatable bonds is 4. The molecule has 3 heterocycles. The number of methoxy groups -OCH3 is 1. The quantitative estimate of drug-likeness (QED) is 0.676. The van der Waals surface area contributed by atoms with Crippen molar-refractivity contribution in [3.8, 4) is 17.3 Å². The Bertz CT molecular complexity index is 1010. The second-order valence-electron chi connectivity index (χ2n) is 5.76. The highest BCUT2D eigenvalue weighted by Crippen LogP contribution is 2.29. The summed E-state index contributed by atoms with van der Waals surface area (Å²) in [5, 5.41) is 18.3. The number of nitrogens with zero attached hydrogens (tertiary/aromatic N) is 6. The molecule has 0 aliphatic carbocycles. The van der Waals surface area contributed by atoms with Gasteiger partial charge in [0.2, 0.25) is 0 Å². The maximum Gasteiger partial charge on any atom is 0.338 e. The van der Waals surface area contributed by atoms with Crippen LogP contribution >= 0.6 is 0 Å². The van der Waals surface area contributed by atoms with Gasteiger partial charge in [-0.05, 0) is 19.9 Å². The van der Waals surface area contributed by atoms with Crippen LogP contribution in [-0.4, -0.2) is 37.6 Å². The van der Waals surface area contributed by atoms with Gasteiger partial charge in [-0.15, -0.1) is 0 Å². The van der Waals surface area contributed by atoms with E-state index in [1.54, 1.807) is 15.4 Å². The smallest absolute Gasteiger partial charge is 0.338 e. The summed E-state index contributed by atoms with van der Waals surface area (Å²) in [6, 6.07) is 3.81. The number of hydrogen-bond donors (Lipinski definition) is 0. The monoisotopic (exact) mass is 338 g/mol. The maximum atomic E-state index is 12.3. The number of ether oxygens (including phenoxy) is 1. The number of carbonyl (C=O) groups is 1. The molecule has 3 aromatic rings. The normalized spacial score (nSPS) is 10.8. The fourth-order valence-electron chi connectivity index (χ4n) is 2.93. The first kappa shape index (κ1) is 16.6. The molecule has 8 nitrogen and oxygen atoms in total. The zero-order valence-corrected chi connectivity index (χ0v) is 14.6. The number of aryl methyl sites for hydroxylation is 4. The minimum absolute atomic E-state index is 0.307. The van der Waals surface area contributed by atoms with Crippen molar-refractivity contribution >= 4 is 17.0 Å². The zero-order chi connectivity index (χ0) is 18.1. The molecule has 128 valence electrons. The Morgan fingerprint density at radius 1 is 1.32 bits per heavy atom. The molecule has 0 aromatic carbocycles. The largest absolute Gasteiger partial charge is 0.465 e. The molecule has 0 saturated carbocycles. The Hall–Kier alpha value is -3.21. The van der Waals surface area contributed by atoms with Gasteiger partial charge in [-0.25, -0.2) is 14.5 Å². The van der Waals surface area contributed by atoms with E-state index in [1.807, 2.05) is 27.1 Å². The van der Waals surface area contributed by atoms with Gasteiger partial charge in [-0.2, -0.15) is 15.5 Å². The Labute approximate surface area is 144 Å². The van der Waals surface area contributed by atoms with Crippen molar-refractivity contribution in [1.29, 1.82) is 5.26 Å². The average molecular weight is 338 g/mol. The van der Waals surface area contributed by atoms with Crippen LogP contribution in [0.1, 0.15) is 28.2 Å². The molecule has 0 spiro atoms. The van der Waals surface area contributed by atoms with Crippen molar-refractivity contribution in [2.24, 2.45) is 7.05 Å². The predicted octanol–water partition coefficient (Wildman–Crippen LogP) is 2.15. The van der Waals surface area contributed by atoms with E-state index in [1.165, 1.54) is 7.11 Å². The Kier molecular flexibility index (Phi) is 4.23. The van der Waals surface area contributed by atoms with Crippen LogP contribution < -0.4 is 0 Å².